The number of carbonyl (C=O) groups is 3. The highest BCUT2D eigenvalue weighted by atomic mass is 32.1. The first kappa shape index (κ1) is 57.8. The molecule has 6 aromatic rings. The Hall–Kier alpha value is -6.37. The number of aromatic nitrogens is 4. The Balaban J connectivity index is 0.643. The number of thiazole rings is 1. The van der Waals surface area contributed by atoms with Gasteiger partial charge in [-0.3, -0.25) is 19.4 Å². The second-order valence-electron chi connectivity index (χ2n) is 24.0. The summed E-state index contributed by atoms with van der Waals surface area (Å²) >= 11 is 1.61. The number of phenols is 1. The van der Waals surface area contributed by atoms with Crippen LogP contribution in [-0.4, -0.2) is 122 Å². The van der Waals surface area contributed by atoms with Crippen molar-refractivity contribution in [2.24, 2.45) is 5.41 Å². The van der Waals surface area contributed by atoms with Gasteiger partial charge in [0.15, 0.2) is 5.82 Å². The van der Waals surface area contributed by atoms with Crippen molar-refractivity contribution in [3.8, 4) is 33.5 Å². The Kier molecular flexibility index (Phi) is 18.4. The number of hydrogen-bond acceptors (Lipinski definition) is 13. The molecule has 0 saturated carbocycles. The van der Waals surface area contributed by atoms with E-state index in [9.17, 15) is 19.5 Å². The number of piperidine rings is 1. The lowest BCUT2D eigenvalue weighted by atomic mass is 9.85. The molecule has 0 aliphatic carbocycles. The molecule has 3 aromatic carbocycles. The van der Waals surface area contributed by atoms with Crippen LogP contribution in [0.15, 0.2) is 60.2 Å². The van der Waals surface area contributed by atoms with Gasteiger partial charge in [-0.15, -0.1) is 11.3 Å². The van der Waals surface area contributed by atoms with Crippen LogP contribution in [-0.2, 0) is 27.3 Å². The molecule has 4 aliphatic rings. The summed E-state index contributed by atoms with van der Waals surface area (Å²) in [6.07, 6.45) is 15.8. The Bertz CT molecular complexity index is 3190. The molecule has 3 amide bonds. The summed E-state index contributed by atoms with van der Waals surface area (Å²) in [4.78, 5) is 67.0. The summed E-state index contributed by atoms with van der Waals surface area (Å²) in [5, 5.41) is 22.1. The monoisotopic (exact) mass is 1130 g/mol. The molecular weight excluding hydrogens is 1050 g/mol. The Morgan fingerprint density at radius 1 is 0.877 bits per heavy atom. The number of fused-ring (bicyclic) bond motifs is 4. The highest BCUT2D eigenvalue weighted by Crippen LogP contribution is 2.40. The number of aryl methyl sites for hydroxylation is 2. The number of nitrogens with one attached hydrogen (secondary N) is 3. The van der Waals surface area contributed by atoms with Crippen LogP contribution < -0.4 is 25.6 Å². The lowest BCUT2D eigenvalue weighted by Gasteiger charge is -2.35. The molecule has 0 radical (unpaired) electrons. The number of unbranched alkanes of at least 4 members (excludes halogenated alkanes) is 7. The molecular formula is C63H80F2N10O5S. The SMILES string of the molecule is CCc1c(F)ccc2cc(O)cc(-c3ncc4c(N5CC6CCC(C5)N6)nc(OC5CCN(CCCCCCCCCCC(=O)NC(C(=O)N6CCC[C@H]6C(=O)NCc6ccc(-c7scnc7C)cc6)C(C)(C)C)CC5)nc4c3F)c12. The van der Waals surface area contributed by atoms with Crippen molar-refractivity contribution in [2.75, 3.05) is 44.2 Å². The molecule has 4 fully saturated rings. The maximum Gasteiger partial charge on any atom is 0.319 e. The van der Waals surface area contributed by atoms with Crippen molar-refractivity contribution in [3.05, 3.63) is 88.7 Å². The zero-order chi connectivity index (χ0) is 56.8. The van der Waals surface area contributed by atoms with Crippen LogP contribution in [0.1, 0.15) is 141 Å². The van der Waals surface area contributed by atoms with Gasteiger partial charge in [-0.1, -0.05) is 96.6 Å². The number of carbonyl (C=O) groups excluding carboxylic acids is 3. The first-order valence-corrected chi connectivity index (χ1v) is 30.6. The van der Waals surface area contributed by atoms with Gasteiger partial charge in [-0.05, 0) is 122 Å². The number of benzene rings is 3. The first-order valence-electron chi connectivity index (χ1n) is 29.7. The molecule has 432 valence electrons. The fourth-order valence-corrected chi connectivity index (χ4v) is 13.4. The van der Waals surface area contributed by atoms with E-state index in [1.54, 1.807) is 34.6 Å². The predicted molar refractivity (Wildman–Crippen MR) is 315 cm³/mol. The van der Waals surface area contributed by atoms with E-state index in [2.05, 4.69) is 35.7 Å². The fourth-order valence-electron chi connectivity index (χ4n) is 12.6. The van der Waals surface area contributed by atoms with E-state index in [4.69, 9.17) is 14.7 Å². The largest absolute Gasteiger partial charge is 0.508 e. The minimum Gasteiger partial charge on any atom is -0.508 e. The van der Waals surface area contributed by atoms with Gasteiger partial charge in [-0.25, -0.2) is 13.8 Å². The smallest absolute Gasteiger partial charge is 0.319 e. The number of likely N-dealkylation sites (tertiary alicyclic amines) is 2. The van der Waals surface area contributed by atoms with Crippen LogP contribution in [0.4, 0.5) is 14.6 Å². The third-order valence-corrected chi connectivity index (χ3v) is 18.0. The average Bonchev–Trinajstić information content (AvgIpc) is 4.30. The van der Waals surface area contributed by atoms with Crippen molar-refractivity contribution >= 4 is 56.6 Å². The quantitative estimate of drug-likeness (QED) is 0.0474. The molecule has 3 aromatic heterocycles. The molecule has 4 N–H and O–H groups in total. The Labute approximate surface area is 479 Å². The van der Waals surface area contributed by atoms with Crippen LogP contribution in [0.3, 0.4) is 0 Å². The number of hydrogen-bond donors (Lipinski definition) is 4. The van der Waals surface area contributed by atoms with Gasteiger partial charge in [0.05, 0.1) is 21.5 Å². The van der Waals surface area contributed by atoms with Gasteiger partial charge in [0, 0.05) is 69.5 Å². The molecule has 3 unspecified atom stereocenters. The second kappa shape index (κ2) is 25.8. The van der Waals surface area contributed by atoms with Crippen molar-refractivity contribution in [3.63, 3.8) is 0 Å². The molecule has 4 atom stereocenters. The predicted octanol–water partition coefficient (Wildman–Crippen LogP) is 11.0. The maximum absolute atomic E-state index is 17.1. The van der Waals surface area contributed by atoms with Crippen LogP contribution in [0.2, 0.25) is 0 Å². The van der Waals surface area contributed by atoms with Gasteiger partial charge < -0.3 is 40.5 Å². The summed E-state index contributed by atoms with van der Waals surface area (Å²) < 4.78 is 38.9. The van der Waals surface area contributed by atoms with Crippen LogP contribution in [0, 0.1) is 24.0 Å². The van der Waals surface area contributed by atoms with E-state index in [-0.39, 0.29) is 46.8 Å². The molecule has 7 heterocycles. The number of phenolic OH excluding ortho intramolecular Hbond substituents is 1. The number of halogens is 2. The number of amides is 3. The Morgan fingerprint density at radius 3 is 2.28 bits per heavy atom. The van der Waals surface area contributed by atoms with Gasteiger partial charge in [-0.2, -0.15) is 9.97 Å². The number of piperazine rings is 1. The summed E-state index contributed by atoms with van der Waals surface area (Å²) in [6.45, 7) is 14.8. The normalized spacial score (nSPS) is 19.2. The highest BCUT2D eigenvalue weighted by molar-refractivity contribution is 7.13. The van der Waals surface area contributed by atoms with E-state index >= 15 is 8.78 Å². The molecule has 15 nitrogen and oxygen atoms in total. The van der Waals surface area contributed by atoms with Crippen LogP contribution in [0.25, 0.3) is 43.4 Å². The second-order valence-corrected chi connectivity index (χ2v) is 24.9. The number of ether oxygens (including phenoxy) is 1. The molecule has 4 aliphatic heterocycles. The maximum atomic E-state index is 17.1. The molecule has 4 saturated heterocycles. The van der Waals surface area contributed by atoms with Crippen LogP contribution >= 0.6 is 11.3 Å². The number of rotatable bonds is 22. The lowest BCUT2D eigenvalue weighted by Crippen LogP contribution is -2.57. The fraction of sp³-hybridized carbons (Fsp3) is 0.540. The number of pyridine rings is 1. The third kappa shape index (κ3) is 13.6. The molecule has 2 bridgehead atoms. The van der Waals surface area contributed by atoms with Crippen molar-refractivity contribution in [1.29, 1.82) is 0 Å². The van der Waals surface area contributed by atoms with Gasteiger partial charge in [0.2, 0.25) is 17.7 Å². The van der Waals surface area contributed by atoms with Gasteiger partial charge >= 0.3 is 6.01 Å². The molecule has 0 spiro atoms. The van der Waals surface area contributed by atoms with E-state index in [0.717, 1.165) is 138 Å². The zero-order valence-electron chi connectivity index (χ0n) is 47.8. The molecule has 10 rings (SSSR count). The standard InChI is InChI=1S/C63H80F2N10O5S/c1-6-47-50(64)25-22-42-32-45(76)33-48(53(42)47)55-54(65)56-49(35-66-55)59(74-36-43-23-24-44(37-74)69-43)72-62(71-56)80-46-26-30-73(31-27-46)28-14-12-10-8-7-9-11-13-17-52(77)70-58(63(3,4)5)61(79)75-29-15-16-51(75)60(78)67-34-40-18-20-41(21-19-40)57-39(2)68-38-81-57/h18-22,25,32-33,35,38,43-44,46,51,58,69,76H,6-17,23-24,26-31,34,36-37H2,1-5H3,(H,67,78)(H,70,77)/t43?,44?,51-,58?/m0/s1. The average molecular weight is 1130 g/mol. The minimum atomic E-state index is -0.733. The highest BCUT2D eigenvalue weighted by Gasteiger charge is 2.42. The first-order chi connectivity index (χ1) is 39.1. The van der Waals surface area contributed by atoms with E-state index < -0.39 is 29.1 Å². The van der Waals surface area contributed by atoms with E-state index in [1.807, 2.05) is 64.4 Å². The summed E-state index contributed by atoms with van der Waals surface area (Å²) in [5.74, 6) is -1.02. The summed E-state index contributed by atoms with van der Waals surface area (Å²) in [7, 11) is 0. The molecule has 18 heteroatoms. The molecule has 81 heavy (non-hydrogen) atoms. The van der Waals surface area contributed by atoms with E-state index in [0.29, 0.717) is 77.5 Å². The van der Waals surface area contributed by atoms with Crippen molar-refractivity contribution in [1.82, 2.24) is 45.7 Å². The van der Waals surface area contributed by atoms with Gasteiger partial charge in [0.25, 0.3) is 0 Å². The summed E-state index contributed by atoms with van der Waals surface area (Å²) in [6, 6.07) is 13.6. The van der Waals surface area contributed by atoms with Gasteiger partial charge in [0.1, 0.15) is 46.8 Å². The zero-order valence-corrected chi connectivity index (χ0v) is 48.6. The Morgan fingerprint density at radius 2 is 1.59 bits per heavy atom. The minimum absolute atomic E-state index is 0.0128. The van der Waals surface area contributed by atoms with Crippen LogP contribution in [0.5, 0.6) is 11.8 Å². The van der Waals surface area contributed by atoms with Crippen molar-refractivity contribution in [2.45, 2.75) is 174 Å². The lowest BCUT2D eigenvalue weighted by molar-refractivity contribution is -0.143. The summed E-state index contributed by atoms with van der Waals surface area (Å²) in [5.41, 5.74) is 5.20. The third-order valence-electron chi connectivity index (χ3n) is 17.0. The van der Waals surface area contributed by atoms with E-state index in [1.165, 1.54) is 12.1 Å². The number of aromatic hydroxyl groups is 1. The number of nitrogens with zero attached hydrogens (tertiary/aromatic N) is 7. The van der Waals surface area contributed by atoms with Crippen molar-refractivity contribution < 1.29 is 33.0 Å². The topological polar surface area (TPSA) is 178 Å². The number of anilines is 1.